The summed E-state index contributed by atoms with van der Waals surface area (Å²) in [6.07, 6.45) is 2.88. The van der Waals surface area contributed by atoms with E-state index < -0.39 is 0 Å². The lowest BCUT2D eigenvalue weighted by Gasteiger charge is -1.97. The molecule has 0 saturated heterocycles. The minimum Gasteiger partial charge on any atom is -0.464 e. The number of benzene rings is 1. The molecule has 0 amide bonds. The molecule has 0 spiro atoms. The maximum absolute atomic E-state index is 5.50. The summed E-state index contributed by atoms with van der Waals surface area (Å²) in [6.45, 7) is 3.07. The van der Waals surface area contributed by atoms with E-state index >= 15 is 0 Å². The van der Waals surface area contributed by atoms with Crippen molar-refractivity contribution in [3.63, 3.8) is 0 Å². The van der Waals surface area contributed by atoms with E-state index in [1.807, 2.05) is 13.3 Å². The highest BCUT2D eigenvalue weighted by Gasteiger charge is 2.04. The van der Waals surface area contributed by atoms with Crippen LogP contribution in [0.2, 0.25) is 0 Å². The first-order chi connectivity index (χ1) is 6.81. The first kappa shape index (κ1) is 9.28. The summed E-state index contributed by atoms with van der Waals surface area (Å²) < 4.78 is 5.50. The Hall–Kier alpha value is -1.28. The third-order valence-corrected chi connectivity index (χ3v) is 2.46. The van der Waals surface area contributed by atoms with Gasteiger partial charge < -0.3 is 9.73 Å². The average Bonchev–Trinajstić information content (AvgIpc) is 2.57. The molecule has 0 atom stereocenters. The van der Waals surface area contributed by atoms with Gasteiger partial charge in [-0.3, -0.25) is 0 Å². The van der Waals surface area contributed by atoms with E-state index in [2.05, 4.69) is 30.4 Å². The van der Waals surface area contributed by atoms with Gasteiger partial charge in [-0.2, -0.15) is 0 Å². The van der Waals surface area contributed by atoms with E-state index in [1.165, 1.54) is 16.5 Å². The third kappa shape index (κ3) is 1.66. The molecule has 74 valence electrons. The Bertz CT molecular complexity index is 431. The lowest BCUT2D eigenvalue weighted by Crippen LogP contribution is -2.09. The SMILES string of the molecule is CNCCc1coc2cc(C)ccc12. The molecule has 1 heterocycles. The maximum Gasteiger partial charge on any atom is 0.134 e. The smallest absolute Gasteiger partial charge is 0.134 e. The van der Waals surface area contributed by atoms with E-state index in [0.717, 1.165) is 18.5 Å². The van der Waals surface area contributed by atoms with Gasteiger partial charge in [0, 0.05) is 5.39 Å². The van der Waals surface area contributed by atoms with E-state index in [9.17, 15) is 0 Å². The van der Waals surface area contributed by atoms with Crippen LogP contribution < -0.4 is 5.32 Å². The van der Waals surface area contributed by atoms with Gasteiger partial charge in [0.25, 0.3) is 0 Å². The van der Waals surface area contributed by atoms with Crippen molar-refractivity contribution in [3.05, 3.63) is 35.6 Å². The predicted octanol–water partition coefficient (Wildman–Crippen LogP) is 2.50. The normalized spacial score (nSPS) is 11.0. The number of rotatable bonds is 3. The van der Waals surface area contributed by atoms with Crippen LogP contribution in [0.15, 0.2) is 28.9 Å². The van der Waals surface area contributed by atoms with Crippen LogP contribution >= 0.6 is 0 Å². The highest BCUT2D eigenvalue weighted by molar-refractivity contribution is 5.81. The van der Waals surface area contributed by atoms with Crippen molar-refractivity contribution >= 4 is 11.0 Å². The molecule has 2 nitrogen and oxygen atoms in total. The van der Waals surface area contributed by atoms with E-state index in [-0.39, 0.29) is 0 Å². The van der Waals surface area contributed by atoms with Crippen LogP contribution in [0.3, 0.4) is 0 Å². The number of nitrogens with one attached hydrogen (secondary N) is 1. The molecule has 2 heteroatoms. The summed E-state index contributed by atoms with van der Waals surface area (Å²) >= 11 is 0. The standard InChI is InChI=1S/C12H15NO/c1-9-3-4-11-10(5-6-13-2)8-14-12(11)7-9/h3-4,7-8,13H,5-6H2,1-2H3. The second kappa shape index (κ2) is 3.84. The highest BCUT2D eigenvalue weighted by atomic mass is 16.3. The minimum atomic E-state index is 0.989. The van der Waals surface area contributed by atoms with Gasteiger partial charge in [0.05, 0.1) is 6.26 Å². The zero-order valence-corrected chi connectivity index (χ0v) is 8.63. The topological polar surface area (TPSA) is 25.2 Å². The van der Waals surface area contributed by atoms with Gasteiger partial charge in [0.15, 0.2) is 0 Å². The molecule has 1 aromatic carbocycles. The van der Waals surface area contributed by atoms with E-state index in [0.29, 0.717) is 0 Å². The molecular formula is C12H15NO. The molecule has 0 fully saturated rings. The molecule has 0 aliphatic rings. The molecule has 2 rings (SSSR count). The summed E-state index contributed by atoms with van der Waals surface area (Å²) in [5.41, 5.74) is 3.53. The summed E-state index contributed by atoms with van der Waals surface area (Å²) in [7, 11) is 1.96. The van der Waals surface area contributed by atoms with Gasteiger partial charge in [0.1, 0.15) is 5.58 Å². The van der Waals surface area contributed by atoms with Gasteiger partial charge in [-0.15, -0.1) is 0 Å². The van der Waals surface area contributed by atoms with Gasteiger partial charge in [0.2, 0.25) is 0 Å². The number of hydrogen-bond acceptors (Lipinski definition) is 2. The third-order valence-electron chi connectivity index (χ3n) is 2.46. The molecule has 0 bridgehead atoms. The summed E-state index contributed by atoms with van der Waals surface area (Å²) in [5.74, 6) is 0. The van der Waals surface area contributed by atoms with E-state index in [1.54, 1.807) is 0 Å². The Labute approximate surface area is 83.9 Å². The number of likely N-dealkylation sites (N-methyl/N-ethyl adjacent to an activating group) is 1. The van der Waals surface area contributed by atoms with E-state index in [4.69, 9.17) is 4.42 Å². The fourth-order valence-electron chi connectivity index (χ4n) is 1.64. The monoisotopic (exact) mass is 189 g/mol. The molecule has 0 aliphatic heterocycles. The Morgan fingerprint density at radius 2 is 2.21 bits per heavy atom. The largest absolute Gasteiger partial charge is 0.464 e. The summed E-state index contributed by atoms with van der Waals surface area (Å²) in [5, 5.41) is 4.38. The predicted molar refractivity (Wildman–Crippen MR) is 58.6 cm³/mol. The van der Waals surface area contributed by atoms with Crippen molar-refractivity contribution in [2.45, 2.75) is 13.3 Å². The Morgan fingerprint density at radius 1 is 1.36 bits per heavy atom. The quantitative estimate of drug-likeness (QED) is 0.802. The first-order valence-electron chi connectivity index (χ1n) is 4.92. The zero-order valence-electron chi connectivity index (χ0n) is 8.63. The lowest BCUT2D eigenvalue weighted by atomic mass is 10.1. The molecule has 0 radical (unpaired) electrons. The van der Waals surface area contributed by atoms with Crippen LogP contribution in [0, 0.1) is 6.92 Å². The summed E-state index contributed by atoms with van der Waals surface area (Å²) in [6, 6.07) is 6.35. The van der Waals surface area contributed by atoms with Gasteiger partial charge in [-0.1, -0.05) is 12.1 Å². The highest BCUT2D eigenvalue weighted by Crippen LogP contribution is 2.22. The lowest BCUT2D eigenvalue weighted by molar-refractivity contribution is 0.608. The first-order valence-corrected chi connectivity index (χ1v) is 4.92. The van der Waals surface area contributed by atoms with Crippen molar-refractivity contribution in [1.82, 2.24) is 5.32 Å². The second-order valence-electron chi connectivity index (χ2n) is 3.61. The number of fused-ring (bicyclic) bond motifs is 1. The molecular weight excluding hydrogens is 174 g/mol. The number of hydrogen-bond donors (Lipinski definition) is 1. The average molecular weight is 189 g/mol. The molecule has 1 aromatic heterocycles. The Balaban J connectivity index is 2.37. The number of furan rings is 1. The number of aryl methyl sites for hydroxylation is 1. The minimum absolute atomic E-state index is 0.989. The van der Waals surface area contributed by atoms with Crippen LogP contribution in [0.5, 0.6) is 0 Å². The Kier molecular flexibility index (Phi) is 2.55. The maximum atomic E-state index is 5.50. The summed E-state index contributed by atoms with van der Waals surface area (Å²) in [4.78, 5) is 0. The van der Waals surface area contributed by atoms with Crippen LogP contribution in [0.1, 0.15) is 11.1 Å². The van der Waals surface area contributed by atoms with Crippen molar-refractivity contribution in [1.29, 1.82) is 0 Å². The fraction of sp³-hybridized carbons (Fsp3) is 0.333. The molecule has 0 unspecified atom stereocenters. The molecule has 0 aliphatic carbocycles. The zero-order chi connectivity index (χ0) is 9.97. The van der Waals surface area contributed by atoms with Crippen LogP contribution in [-0.4, -0.2) is 13.6 Å². The second-order valence-corrected chi connectivity index (χ2v) is 3.61. The molecule has 2 aromatic rings. The van der Waals surface area contributed by atoms with Crippen LogP contribution in [0.4, 0.5) is 0 Å². The fourth-order valence-corrected chi connectivity index (χ4v) is 1.64. The van der Waals surface area contributed by atoms with Crippen molar-refractivity contribution in [3.8, 4) is 0 Å². The van der Waals surface area contributed by atoms with Crippen molar-refractivity contribution in [2.75, 3.05) is 13.6 Å². The van der Waals surface area contributed by atoms with Crippen molar-refractivity contribution < 1.29 is 4.42 Å². The van der Waals surface area contributed by atoms with Crippen LogP contribution in [-0.2, 0) is 6.42 Å². The Morgan fingerprint density at radius 3 is 3.00 bits per heavy atom. The molecule has 1 N–H and O–H groups in total. The molecule has 0 saturated carbocycles. The van der Waals surface area contributed by atoms with Crippen molar-refractivity contribution in [2.24, 2.45) is 0 Å². The van der Waals surface area contributed by atoms with Gasteiger partial charge in [-0.25, -0.2) is 0 Å². The van der Waals surface area contributed by atoms with Crippen LogP contribution in [0.25, 0.3) is 11.0 Å². The van der Waals surface area contributed by atoms with Gasteiger partial charge in [-0.05, 0) is 44.1 Å². The molecule has 14 heavy (non-hydrogen) atoms. The van der Waals surface area contributed by atoms with Gasteiger partial charge >= 0.3 is 0 Å².